The Morgan fingerprint density at radius 2 is 1.33 bits per heavy atom. The van der Waals surface area contributed by atoms with Crippen LogP contribution in [-0.2, 0) is 10.2 Å². The maximum atomic E-state index is 12.8. The van der Waals surface area contributed by atoms with E-state index in [1.54, 1.807) is 25.1 Å². The monoisotopic (exact) mass is 444 g/mol. The van der Waals surface area contributed by atoms with Gasteiger partial charge in [0.25, 0.3) is 0 Å². The third-order valence-electron chi connectivity index (χ3n) is 6.25. The van der Waals surface area contributed by atoms with E-state index in [0.717, 1.165) is 22.8 Å². The Bertz CT molecular complexity index is 1250. The fraction of sp³-hybridized carbons (Fsp3) is 0.269. The predicted molar refractivity (Wildman–Crippen MR) is 127 cm³/mol. The van der Waals surface area contributed by atoms with Gasteiger partial charge in [-0.15, -0.1) is 0 Å². The third-order valence-corrected chi connectivity index (χ3v) is 6.25. The van der Waals surface area contributed by atoms with E-state index in [2.05, 4.69) is 4.98 Å². The Balaban J connectivity index is 2.05. The highest BCUT2D eigenvalue weighted by Gasteiger charge is 2.40. The van der Waals surface area contributed by atoms with Crippen molar-refractivity contribution in [1.82, 2.24) is 19.1 Å². The highest BCUT2D eigenvalue weighted by molar-refractivity contribution is 5.85. The first kappa shape index (κ1) is 22.3. The van der Waals surface area contributed by atoms with Crippen molar-refractivity contribution in [2.75, 3.05) is 7.11 Å². The van der Waals surface area contributed by atoms with Crippen molar-refractivity contribution in [2.45, 2.75) is 40.0 Å². The summed E-state index contributed by atoms with van der Waals surface area (Å²) < 4.78 is 9.33. The number of hydrogen-bond acceptors (Lipinski definition) is 4. The van der Waals surface area contributed by atoms with Gasteiger partial charge in [-0.1, -0.05) is 6.07 Å². The zero-order valence-corrected chi connectivity index (χ0v) is 19.7. The van der Waals surface area contributed by atoms with Crippen LogP contribution in [0.5, 0.6) is 5.88 Å². The summed E-state index contributed by atoms with van der Waals surface area (Å²) in [6.07, 6.45) is 0. The molecule has 4 heterocycles. The Hall–Kier alpha value is -3.87. The summed E-state index contributed by atoms with van der Waals surface area (Å²) >= 11 is 0. The number of carbonyl (C=O) groups is 1. The van der Waals surface area contributed by atoms with Crippen molar-refractivity contribution in [3.05, 3.63) is 88.6 Å². The fourth-order valence-electron chi connectivity index (χ4n) is 4.27. The topological polar surface area (TPSA) is 82.2 Å². The van der Waals surface area contributed by atoms with Crippen molar-refractivity contribution in [2.24, 2.45) is 0 Å². The van der Waals surface area contributed by atoms with Crippen LogP contribution in [0.25, 0.3) is 11.6 Å². The summed E-state index contributed by atoms with van der Waals surface area (Å²) in [5, 5.41) is 10.4. The molecular weight excluding hydrogens is 416 g/mol. The summed E-state index contributed by atoms with van der Waals surface area (Å²) in [4.78, 5) is 22.2. The predicted octanol–water partition coefficient (Wildman–Crippen LogP) is 4.69. The van der Waals surface area contributed by atoms with Crippen molar-refractivity contribution < 1.29 is 14.6 Å². The molecule has 0 aromatic carbocycles. The van der Waals surface area contributed by atoms with Gasteiger partial charge in [0.1, 0.15) is 17.1 Å². The highest BCUT2D eigenvalue weighted by atomic mass is 16.5. The fourth-order valence-corrected chi connectivity index (χ4v) is 4.27. The number of aliphatic carboxylic acids is 1. The number of carboxylic acid groups (broad SMARTS) is 1. The second-order valence-corrected chi connectivity index (χ2v) is 8.47. The average Bonchev–Trinajstić information content (AvgIpc) is 3.32. The zero-order chi connectivity index (χ0) is 23.9. The molecule has 0 saturated carbocycles. The summed E-state index contributed by atoms with van der Waals surface area (Å²) in [7, 11) is 1.52. The number of rotatable bonds is 6. The summed E-state index contributed by atoms with van der Waals surface area (Å²) in [6, 6.07) is 16.9. The van der Waals surface area contributed by atoms with E-state index in [9.17, 15) is 9.90 Å². The van der Waals surface area contributed by atoms with Gasteiger partial charge in [0.2, 0.25) is 5.88 Å². The van der Waals surface area contributed by atoms with Crippen LogP contribution in [-0.4, -0.2) is 37.3 Å². The van der Waals surface area contributed by atoms with E-state index >= 15 is 0 Å². The van der Waals surface area contributed by atoms with Crippen molar-refractivity contribution in [3.8, 4) is 17.5 Å². The molecule has 1 atom stereocenters. The minimum absolute atomic E-state index is 0.365. The number of aromatic nitrogens is 4. The van der Waals surface area contributed by atoms with Gasteiger partial charge in [0, 0.05) is 28.8 Å². The number of nitrogens with zero attached hydrogens (tertiary/aromatic N) is 4. The summed E-state index contributed by atoms with van der Waals surface area (Å²) in [6.45, 7) is 9.70. The average molecular weight is 445 g/mol. The molecule has 0 fully saturated rings. The molecule has 7 heteroatoms. The van der Waals surface area contributed by atoms with Gasteiger partial charge in [-0.25, -0.2) is 9.97 Å². The molecule has 0 saturated heterocycles. The van der Waals surface area contributed by atoms with E-state index < -0.39 is 11.4 Å². The van der Waals surface area contributed by atoms with E-state index in [1.807, 2.05) is 73.2 Å². The minimum atomic E-state index is -1.43. The van der Waals surface area contributed by atoms with Crippen LogP contribution < -0.4 is 4.74 Å². The van der Waals surface area contributed by atoms with Crippen molar-refractivity contribution in [1.29, 1.82) is 0 Å². The number of ether oxygens (including phenoxy) is 1. The van der Waals surface area contributed by atoms with Gasteiger partial charge in [0.05, 0.1) is 12.8 Å². The number of carboxylic acids is 1. The van der Waals surface area contributed by atoms with Gasteiger partial charge in [-0.05, 0) is 82.6 Å². The molecule has 170 valence electrons. The van der Waals surface area contributed by atoms with Crippen LogP contribution in [0, 0.1) is 27.7 Å². The molecule has 4 aromatic rings. The molecule has 0 spiro atoms. The molecule has 4 aromatic heterocycles. The molecule has 0 aliphatic rings. The van der Waals surface area contributed by atoms with E-state index in [4.69, 9.17) is 9.72 Å². The smallest absolute Gasteiger partial charge is 0.319 e. The third kappa shape index (κ3) is 3.69. The Kier molecular flexibility index (Phi) is 5.57. The minimum Gasteiger partial charge on any atom is -0.481 e. The normalized spacial score (nSPS) is 13.0. The Morgan fingerprint density at radius 3 is 1.76 bits per heavy atom. The van der Waals surface area contributed by atoms with Gasteiger partial charge in [-0.2, -0.15) is 0 Å². The zero-order valence-electron chi connectivity index (χ0n) is 19.7. The molecule has 0 bridgehead atoms. The summed E-state index contributed by atoms with van der Waals surface area (Å²) in [5.41, 5.74) is 3.60. The molecule has 4 rings (SSSR count). The molecule has 0 aliphatic heterocycles. The lowest BCUT2D eigenvalue weighted by Gasteiger charge is -2.27. The van der Waals surface area contributed by atoms with Crippen LogP contribution in [0.15, 0.2) is 54.6 Å². The quantitative estimate of drug-likeness (QED) is 0.467. The van der Waals surface area contributed by atoms with Gasteiger partial charge >= 0.3 is 5.97 Å². The first-order valence-electron chi connectivity index (χ1n) is 10.7. The lowest BCUT2D eigenvalue weighted by molar-refractivity contribution is -0.141. The van der Waals surface area contributed by atoms with Crippen LogP contribution in [0.1, 0.15) is 41.0 Å². The largest absolute Gasteiger partial charge is 0.481 e. The van der Waals surface area contributed by atoms with Crippen LogP contribution in [0.3, 0.4) is 0 Å². The standard InChI is InChI=1S/C26H28N4O3/c1-16-10-11-17(2)29(16)22-14-20(15-23(28-22)30-18(3)12-13-19(30)4)26(5,25(31)32)21-8-7-9-24(27-21)33-6/h7-15H,1-6H3,(H,31,32). The first-order chi connectivity index (χ1) is 15.7. The molecule has 1 N–H and O–H groups in total. The first-order valence-corrected chi connectivity index (χ1v) is 10.7. The molecule has 33 heavy (non-hydrogen) atoms. The van der Waals surface area contributed by atoms with Crippen molar-refractivity contribution in [3.63, 3.8) is 0 Å². The van der Waals surface area contributed by atoms with Crippen LogP contribution in [0.4, 0.5) is 0 Å². The number of methoxy groups -OCH3 is 1. The molecule has 1 unspecified atom stereocenters. The Morgan fingerprint density at radius 1 is 0.848 bits per heavy atom. The number of aryl methyl sites for hydroxylation is 4. The van der Waals surface area contributed by atoms with E-state index in [0.29, 0.717) is 28.8 Å². The van der Waals surface area contributed by atoms with E-state index in [-0.39, 0.29) is 0 Å². The molecule has 0 radical (unpaired) electrons. The molecule has 0 amide bonds. The number of pyridine rings is 2. The Labute approximate surface area is 193 Å². The lowest BCUT2D eigenvalue weighted by atomic mass is 9.79. The lowest BCUT2D eigenvalue weighted by Crippen LogP contribution is -2.35. The van der Waals surface area contributed by atoms with Crippen LogP contribution >= 0.6 is 0 Å². The molecule has 7 nitrogen and oxygen atoms in total. The van der Waals surface area contributed by atoms with Gasteiger partial charge < -0.3 is 19.0 Å². The number of hydrogen-bond donors (Lipinski definition) is 1. The SMILES string of the molecule is COc1cccc(C(C)(C(=O)O)c2cc(-n3c(C)ccc3C)nc(-n3c(C)ccc3C)c2)n1. The summed E-state index contributed by atoms with van der Waals surface area (Å²) in [5.74, 6) is 0.674. The highest BCUT2D eigenvalue weighted by Crippen LogP contribution is 2.35. The van der Waals surface area contributed by atoms with Crippen molar-refractivity contribution >= 4 is 5.97 Å². The van der Waals surface area contributed by atoms with Gasteiger partial charge in [-0.3, -0.25) is 4.79 Å². The second kappa shape index (κ2) is 8.24. The molecular formula is C26H28N4O3. The molecule has 0 aliphatic carbocycles. The van der Waals surface area contributed by atoms with E-state index in [1.165, 1.54) is 7.11 Å². The maximum Gasteiger partial charge on any atom is 0.319 e. The maximum absolute atomic E-state index is 12.8. The van der Waals surface area contributed by atoms with Gasteiger partial charge in [0.15, 0.2) is 0 Å². The van der Waals surface area contributed by atoms with Crippen LogP contribution in [0.2, 0.25) is 0 Å². The second-order valence-electron chi connectivity index (χ2n) is 8.47.